The topological polar surface area (TPSA) is 29.1 Å². The van der Waals surface area contributed by atoms with E-state index >= 15 is 0 Å². The fourth-order valence-electron chi connectivity index (χ4n) is 2.80. The van der Waals surface area contributed by atoms with Crippen LogP contribution in [0.2, 0.25) is 0 Å². The number of carbonyl (C=O) groups is 1. The van der Waals surface area contributed by atoms with Crippen LogP contribution in [0, 0.1) is 17.8 Å². The Hall–Kier alpha value is -0.790. The SMILES string of the molecule is C=C(C)[C@@H]1CCC(C)C[C@H]1C(=O)NC1CC1. The molecular weight excluding hydrogens is 198 g/mol. The fraction of sp³-hybridized carbons (Fsp3) is 0.786. The third-order valence-electron chi connectivity index (χ3n) is 4.01. The molecule has 1 unspecified atom stereocenters. The summed E-state index contributed by atoms with van der Waals surface area (Å²) in [5.41, 5.74) is 1.18. The molecule has 0 aromatic rings. The van der Waals surface area contributed by atoms with Crippen LogP contribution in [-0.4, -0.2) is 11.9 Å². The van der Waals surface area contributed by atoms with E-state index in [1.807, 2.05) is 0 Å². The third kappa shape index (κ3) is 2.66. The van der Waals surface area contributed by atoms with Crippen LogP contribution in [0.1, 0.15) is 46.0 Å². The third-order valence-corrected chi connectivity index (χ3v) is 4.01. The summed E-state index contributed by atoms with van der Waals surface area (Å²) in [6.45, 7) is 8.37. The highest BCUT2D eigenvalue weighted by molar-refractivity contribution is 5.80. The van der Waals surface area contributed by atoms with Gasteiger partial charge in [-0.1, -0.05) is 25.5 Å². The first-order chi connectivity index (χ1) is 7.58. The van der Waals surface area contributed by atoms with Gasteiger partial charge in [-0.3, -0.25) is 4.79 Å². The van der Waals surface area contributed by atoms with Gasteiger partial charge in [-0.05, 0) is 44.4 Å². The van der Waals surface area contributed by atoms with Crippen molar-refractivity contribution in [1.82, 2.24) is 5.32 Å². The second-order valence-corrected chi connectivity index (χ2v) is 5.76. The molecule has 2 nitrogen and oxygen atoms in total. The molecule has 1 amide bonds. The van der Waals surface area contributed by atoms with Crippen molar-refractivity contribution < 1.29 is 4.79 Å². The average Bonchev–Trinajstić information content (AvgIpc) is 3.01. The van der Waals surface area contributed by atoms with Crippen LogP contribution in [0.5, 0.6) is 0 Å². The molecule has 0 bridgehead atoms. The van der Waals surface area contributed by atoms with Crippen molar-refractivity contribution in [2.24, 2.45) is 17.8 Å². The van der Waals surface area contributed by atoms with Crippen molar-refractivity contribution in [3.63, 3.8) is 0 Å². The van der Waals surface area contributed by atoms with Crippen LogP contribution in [0.15, 0.2) is 12.2 Å². The van der Waals surface area contributed by atoms with Gasteiger partial charge in [0.05, 0.1) is 0 Å². The van der Waals surface area contributed by atoms with E-state index in [9.17, 15) is 4.79 Å². The van der Waals surface area contributed by atoms with Gasteiger partial charge in [0.2, 0.25) is 5.91 Å². The number of hydrogen-bond donors (Lipinski definition) is 1. The zero-order chi connectivity index (χ0) is 11.7. The maximum Gasteiger partial charge on any atom is 0.223 e. The van der Waals surface area contributed by atoms with E-state index in [1.165, 1.54) is 24.8 Å². The molecule has 0 saturated heterocycles. The Kier molecular flexibility index (Phi) is 3.36. The minimum absolute atomic E-state index is 0.182. The molecule has 16 heavy (non-hydrogen) atoms. The molecular formula is C14H23NO. The first-order valence-electron chi connectivity index (χ1n) is 6.53. The monoisotopic (exact) mass is 221 g/mol. The summed E-state index contributed by atoms with van der Waals surface area (Å²) >= 11 is 0. The van der Waals surface area contributed by atoms with Crippen molar-refractivity contribution in [2.75, 3.05) is 0 Å². The number of amides is 1. The Balaban J connectivity index is 2.00. The molecule has 2 heteroatoms. The Morgan fingerprint density at radius 3 is 2.44 bits per heavy atom. The normalized spacial score (nSPS) is 34.5. The van der Waals surface area contributed by atoms with Crippen LogP contribution in [-0.2, 0) is 4.79 Å². The Morgan fingerprint density at radius 2 is 1.88 bits per heavy atom. The van der Waals surface area contributed by atoms with Crippen molar-refractivity contribution in [2.45, 2.75) is 52.0 Å². The maximum atomic E-state index is 12.2. The zero-order valence-corrected chi connectivity index (χ0v) is 10.5. The minimum atomic E-state index is 0.182. The molecule has 2 saturated carbocycles. The lowest BCUT2D eigenvalue weighted by molar-refractivity contribution is -0.128. The van der Waals surface area contributed by atoms with Gasteiger partial charge < -0.3 is 5.32 Å². The van der Waals surface area contributed by atoms with E-state index in [0.717, 1.165) is 12.8 Å². The van der Waals surface area contributed by atoms with E-state index < -0.39 is 0 Å². The van der Waals surface area contributed by atoms with Gasteiger partial charge >= 0.3 is 0 Å². The largest absolute Gasteiger partial charge is 0.353 e. The molecule has 3 atom stereocenters. The predicted molar refractivity (Wildman–Crippen MR) is 66.0 cm³/mol. The molecule has 0 spiro atoms. The van der Waals surface area contributed by atoms with E-state index in [1.54, 1.807) is 0 Å². The van der Waals surface area contributed by atoms with E-state index in [2.05, 4.69) is 25.7 Å². The van der Waals surface area contributed by atoms with Gasteiger partial charge in [-0.15, -0.1) is 0 Å². The molecule has 2 fully saturated rings. The standard InChI is InChI=1S/C14H23NO/c1-9(2)12-7-4-10(3)8-13(12)14(16)15-11-5-6-11/h10-13H,1,4-8H2,2-3H3,(H,15,16)/t10?,12-,13+/m0/s1. The van der Waals surface area contributed by atoms with Crippen molar-refractivity contribution in [3.8, 4) is 0 Å². The summed E-state index contributed by atoms with van der Waals surface area (Å²) in [4.78, 5) is 12.2. The van der Waals surface area contributed by atoms with E-state index in [-0.39, 0.29) is 11.8 Å². The molecule has 90 valence electrons. The van der Waals surface area contributed by atoms with Gasteiger partial charge in [-0.25, -0.2) is 0 Å². The molecule has 2 rings (SSSR count). The number of rotatable bonds is 3. The fourth-order valence-corrected chi connectivity index (χ4v) is 2.80. The summed E-state index contributed by atoms with van der Waals surface area (Å²) in [5, 5.41) is 3.15. The van der Waals surface area contributed by atoms with E-state index in [0.29, 0.717) is 17.9 Å². The summed E-state index contributed by atoms with van der Waals surface area (Å²) in [6, 6.07) is 0.482. The molecule has 0 aromatic carbocycles. The van der Waals surface area contributed by atoms with Gasteiger partial charge in [0.15, 0.2) is 0 Å². The highest BCUT2D eigenvalue weighted by Gasteiger charge is 2.36. The second kappa shape index (κ2) is 4.60. The summed E-state index contributed by atoms with van der Waals surface area (Å²) in [5.74, 6) is 1.56. The highest BCUT2D eigenvalue weighted by Crippen LogP contribution is 2.37. The minimum Gasteiger partial charge on any atom is -0.353 e. The molecule has 0 aliphatic heterocycles. The Morgan fingerprint density at radius 1 is 1.19 bits per heavy atom. The number of nitrogens with one attached hydrogen (secondary N) is 1. The molecule has 2 aliphatic rings. The number of hydrogen-bond acceptors (Lipinski definition) is 1. The van der Waals surface area contributed by atoms with Crippen molar-refractivity contribution >= 4 is 5.91 Å². The average molecular weight is 221 g/mol. The van der Waals surface area contributed by atoms with Crippen LogP contribution in [0.25, 0.3) is 0 Å². The predicted octanol–water partition coefficient (Wildman–Crippen LogP) is 2.89. The lowest BCUT2D eigenvalue weighted by Crippen LogP contribution is -2.39. The molecule has 1 N–H and O–H groups in total. The van der Waals surface area contributed by atoms with Crippen LogP contribution < -0.4 is 5.32 Å². The maximum absolute atomic E-state index is 12.2. The summed E-state index contributed by atoms with van der Waals surface area (Å²) in [7, 11) is 0. The summed E-state index contributed by atoms with van der Waals surface area (Å²) < 4.78 is 0. The van der Waals surface area contributed by atoms with Crippen LogP contribution in [0.4, 0.5) is 0 Å². The van der Waals surface area contributed by atoms with Gasteiger partial charge in [0, 0.05) is 12.0 Å². The zero-order valence-electron chi connectivity index (χ0n) is 10.5. The first-order valence-corrected chi connectivity index (χ1v) is 6.53. The number of allylic oxidation sites excluding steroid dienone is 1. The number of carbonyl (C=O) groups excluding carboxylic acids is 1. The Labute approximate surface area is 98.5 Å². The Bertz CT molecular complexity index is 293. The van der Waals surface area contributed by atoms with Gasteiger partial charge in [0.25, 0.3) is 0 Å². The van der Waals surface area contributed by atoms with Crippen molar-refractivity contribution in [1.29, 1.82) is 0 Å². The molecule has 2 aliphatic carbocycles. The van der Waals surface area contributed by atoms with Crippen LogP contribution >= 0.6 is 0 Å². The molecule has 0 aromatic heterocycles. The lowest BCUT2D eigenvalue weighted by Gasteiger charge is -2.34. The molecule has 0 heterocycles. The first kappa shape index (κ1) is 11.7. The summed E-state index contributed by atoms with van der Waals surface area (Å²) in [6.07, 6.45) is 5.76. The smallest absolute Gasteiger partial charge is 0.223 e. The van der Waals surface area contributed by atoms with Gasteiger partial charge in [0.1, 0.15) is 0 Å². The van der Waals surface area contributed by atoms with Crippen LogP contribution in [0.3, 0.4) is 0 Å². The quantitative estimate of drug-likeness (QED) is 0.729. The lowest BCUT2D eigenvalue weighted by atomic mass is 9.71. The van der Waals surface area contributed by atoms with Gasteiger partial charge in [-0.2, -0.15) is 0 Å². The van der Waals surface area contributed by atoms with E-state index in [4.69, 9.17) is 0 Å². The highest BCUT2D eigenvalue weighted by atomic mass is 16.2. The second-order valence-electron chi connectivity index (χ2n) is 5.76. The van der Waals surface area contributed by atoms with Crippen molar-refractivity contribution in [3.05, 3.63) is 12.2 Å². The molecule has 0 radical (unpaired) electrons.